The van der Waals surface area contributed by atoms with E-state index < -0.39 is 18.0 Å². The van der Waals surface area contributed by atoms with Crippen LogP contribution in [0.3, 0.4) is 0 Å². The zero-order valence-electron chi connectivity index (χ0n) is 12.2. The van der Waals surface area contributed by atoms with Crippen LogP contribution < -0.4 is 22.3 Å². The molecule has 0 amide bonds. The highest BCUT2D eigenvalue weighted by Gasteiger charge is 2.53. The van der Waals surface area contributed by atoms with Crippen LogP contribution in [0.15, 0.2) is 0 Å². The molecule has 1 saturated heterocycles. The largest absolute Gasteiger partial charge is 0.390 e. The van der Waals surface area contributed by atoms with E-state index in [-0.39, 0.29) is 23.2 Å². The van der Waals surface area contributed by atoms with Crippen molar-refractivity contribution in [2.75, 3.05) is 16.5 Å². The molecule has 2 aliphatic rings. The van der Waals surface area contributed by atoms with Crippen LogP contribution in [0.25, 0.3) is 0 Å². The SMILES string of the molecule is CC1(C)OC2C(O)CC(Nc3nc(Cl)nc(N)c3NN)C2O1. The van der Waals surface area contributed by atoms with E-state index in [1.54, 1.807) is 0 Å². The second-order valence-corrected chi connectivity index (χ2v) is 6.20. The Labute approximate surface area is 132 Å². The number of hydrazine groups is 1. The number of hydrogen-bond donors (Lipinski definition) is 5. The molecular formula is C12H19ClN6O3. The molecule has 2 fully saturated rings. The minimum atomic E-state index is -0.742. The number of aromatic nitrogens is 2. The summed E-state index contributed by atoms with van der Waals surface area (Å²) in [5, 5.41) is 13.3. The third-order valence-electron chi connectivity index (χ3n) is 3.81. The van der Waals surface area contributed by atoms with Gasteiger partial charge in [0.1, 0.15) is 17.9 Å². The summed E-state index contributed by atoms with van der Waals surface area (Å²) >= 11 is 5.83. The third-order valence-corrected chi connectivity index (χ3v) is 3.98. The van der Waals surface area contributed by atoms with E-state index in [4.69, 9.17) is 32.7 Å². The van der Waals surface area contributed by atoms with Crippen molar-refractivity contribution in [3.8, 4) is 0 Å². The van der Waals surface area contributed by atoms with Gasteiger partial charge in [-0.2, -0.15) is 9.97 Å². The van der Waals surface area contributed by atoms with Gasteiger partial charge in [0.25, 0.3) is 0 Å². The number of halogens is 1. The molecule has 1 aliphatic heterocycles. The average Bonchev–Trinajstić information content (AvgIpc) is 2.85. The number of anilines is 3. The number of hydrogen-bond acceptors (Lipinski definition) is 9. The first kappa shape index (κ1) is 15.5. The zero-order valence-corrected chi connectivity index (χ0v) is 13.0. The van der Waals surface area contributed by atoms with Gasteiger partial charge in [-0.15, -0.1) is 0 Å². The number of aliphatic hydroxyl groups is 1. The van der Waals surface area contributed by atoms with Gasteiger partial charge in [-0.05, 0) is 31.9 Å². The van der Waals surface area contributed by atoms with E-state index in [0.29, 0.717) is 17.9 Å². The van der Waals surface area contributed by atoms with Crippen molar-refractivity contribution in [2.45, 2.75) is 50.4 Å². The topological polar surface area (TPSA) is 141 Å². The van der Waals surface area contributed by atoms with Crippen molar-refractivity contribution in [3.05, 3.63) is 5.28 Å². The van der Waals surface area contributed by atoms with Crippen molar-refractivity contribution in [1.82, 2.24) is 9.97 Å². The van der Waals surface area contributed by atoms with Crippen molar-refractivity contribution in [1.29, 1.82) is 0 Å². The normalized spacial score (nSPS) is 32.8. The number of nitrogens with zero attached hydrogens (tertiary/aromatic N) is 2. The van der Waals surface area contributed by atoms with E-state index in [0.717, 1.165) is 0 Å². The van der Waals surface area contributed by atoms with E-state index in [1.165, 1.54) is 0 Å². The lowest BCUT2D eigenvalue weighted by Gasteiger charge is -2.24. The molecule has 2 heterocycles. The lowest BCUT2D eigenvalue weighted by atomic mass is 10.2. The number of nitrogen functional groups attached to an aromatic ring is 2. The predicted molar refractivity (Wildman–Crippen MR) is 81.1 cm³/mol. The smallest absolute Gasteiger partial charge is 0.226 e. The van der Waals surface area contributed by atoms with Gasteiger partial charge in [0.05, 0.1) is 12.1 Å². The summed E-state index contributed by atoms with van der Waals surface area (Å²) < 4.78 is 11.6. The van der Waals surface area contributed by atoms with Crippen molar-refractivity contribution >= 4 is 28.9 Å². The Morgan fingerprint density at radius 1 is 1.32 bits per heavy atom. The van der Waals surface area contributed by atoms with E-state index in [2.05, 4.69) is 20.7 Å². The Morgan fingerprint density at radius 2 is 2.00 bits per heavy atom. The number of aliphatic hydroxyl groups excluding tert-OH is 1. The lowest BCUT2D eigenvalue weighted by molar-refractivity contribution is -0.162. The number of nitrogens with one attached hydrogen (secondary N) is 2. The summed E-state index contributed by atoms with van der Waals surface area (Å²) in [5.41, 5.74) is 8.54. The maximum absolute atomic E-state index is 10.1. The molecule has 4 unspecified atom stereocenters. The summed E-state index contributed by atoms with van der Waals surface area (Å²) in [7, 11) is 0. The van der Waals surface area contributed by atoms with Gasteiger partial charge in [0.15, 0.2) is 17.4 Å². The molecule has 4 atom stereocenters. The van der Waals surface area contributed by atoms with E-state index >= 15 is 0 Å². The summed E-state index contributed by atoms with van der Waals surface area (Å²) in [4.78, 5) is 7.91. The van der Waals surface area contributed by atoms with Crippen LogP contribution in [-0.4, -0.2) is 45.2 Å². The van der Waals surface area contributed by atoms with Crippen molar-refractivity contribution in [3.63, 3.8) is 0 Å². The minimum Gasteiger partial charge on any atom is -0.390 e. The van der Waals surface area contributed by atoms with Crippen LogP contribution in [0.4, 0.5) is 17.3 Å². The molecule has 1 aliphatic carbocycles. The molecule has 0 spiro atoms. The molecule has 1 aromatic heterocycles. The Bertz CT molecular complexity index is 586. The molecule has 3 rings (SSSR count). The quantitative estimate of drug-likeness (QED) is 0.295. The van der Waals surface area contributed by atoms with Crippen LogP contribution in [0.2, 0.25) is 5.28 Å². The van der Waals surface area contributed by atoms with Crippen LogP contribution in [0, 0.1) is 0 Å². The molecule has 0 aromatic carbocycles. The summed E-state index contributed by atoms with van der Waals surface area (Å²) in [6.45, 7) is 3.61. The second-order valence-electron chi connectivity index (χ2n) is 5.86. The Kier molecular flexibility index (Phi) is 3.77. The molecule has 7 N–H and O–H groups in total. The Morgan fingerprint density at radius 3 is 2.68 bits per heavy atom. The van der Waals surface area contributed by atoms with E-state index in [9.17, 15) is 5.11 Å². The monoisotopic (exact) mass is 330 g/mol. The highest BCUT2D eigenvalue weighted by atomic mass is 35.5. The molecule has 0 radical (unpaired) electrons. The highest BCUT2D eigenvalue weighted by Crippen LogP contribution is 2.40. The second kappa shape index (κ2) is 5.36. The summed E-state index contributed by atoms with van der Waals surface area (Å²) in [5.74, 6) is 5.19. The van der Waals surface area contributed by atoms with Crippen molar-refractivity contribution < 1.29 is 14.6 Å². The number of fused-ring (bicyclic) bond motifs is 1. The highest BCUT2D eigenvalue weighted by molar-refractivity contribution is 6.28. The first-order valence-electron chi connectivity index (χ1n) is 6.90. The van der Waals surface area contributed by atoms with Crippen LogP contribution in [0.5, 0.6) is 0 Å². The fourth-order valence-corrected chi connectivity index (χ4v) is 3.14. The van der Waals surface area contributed by atoms with Crippen molar-refractivity contribution in [2.24, 2.45) is 5.84 Å². The molecule has 1 saturated carbocycles. The molecule has 22 heavy (non-hydrogen) atoms. The number of nitrogens with two attached hydrogens (primary N) is 2. The van der Waals surface area contributed by atoms with Gasteiger partial charge in [-0.1, -0.05) is 0 Å². The van der Waals surface area contributed by atoms with Crippen LogP contribution >= 0.6 is 11.6 Å². The Hall–Kier alpha value is -1.39. The maximum Gasteiger partial charge on any atom is 0.226 e. The molecular weight excluding hydrogens is 312 g/mol. The van der Waals surface area contributed by atoms with Gasteiger partial charge < -0.3 is 31.1 Å². The summed E-state index contributed by atoms with van der Waals surface area (Å²) in [6.07, 6.45) is -0.896. The average molecular weight is 331 g/mol. The first-order chi connectivity index (χ1) is 10.3. The molecule has 0 bridgehead atoms. The summed E-state index contributed by atoms with van der Waals surface area (Å²) in [6, 6.07) is -0.223. The standard InChI is InChI=1S/C12H19ClN6O3/c1-12(2)21-7-4(3-5(20)8(7)22-12)16-10-6(19-15)9(14)17-11(13)18-10/h4-5,7-8,19-20H,3,15H2,1-2H3,(H3,14,16,17,18). The fourth-order valence-electron chi connectivity index (χ4n) is 2.97. The molecule has 9 nitrogen and oxygen atoms in total. The fraction of sp³-hybridized carbons (Fsp3) is 0.667. The van der Waals surface area contributed by atoms with Gasteiger partial charge in [0, 0.05) is 0 Å². The molecule has 1 aromatic rings. The van der Waals surface area contributed by atoms with Crippen LogP contribution in [-0.2, 0) is 9.47 Å². The zero-order chi connectivity index (χ0) is 16.1. The van der Waals surface area contributed by atoms with Gasteiger partial charge in [-0.3, -0.25) is 5.84 Å². The molecule has 122 valence electrons. The van der Waals surface area contributed by atoms with Gasteiger partial charge >= 0.3 is 0 Å². The maximum atomic E-state index is 10.1. The third kappa shape index (κ3) is 2.66. The molecule has 10 heteroatoms. The van der Waals surface area contributed by atoms with Gasteiger partial charge in [0.2, 0.25) is 5.28 Å². The first-order valence-corrected chi connectivity index (χ1v) is 7.28. The Balaban J connectivity index is 1.85. The van der Waals surface area contributed by atoms with Crippen LogP contribution in [0.1, 0.15) is 20.3 Å². The number of rotatable bonds is 3. The lowest BCUT2D eigenvalue weighted by Crippen LogP contribution is -2.35. The minimum absolute atomic E-state index is 0.00184. The predicted octanol–water partition coefficient (Wildman–Crippen LogP) is 0.0630. The number of ether oxygens (including phenoxy) is 2. The van der Waals surface area contributed by atoms with Gasteiger partial charge in [-0.25, -0.2) is 0 Å². The van der Waals surface area contributed by atoms with E-state index in [1.807, 2.05) is 13.8 Å².